The average molecular weight is 315 g/mol. The molecule has 0 saturated heterocycles. The molecule has 1 heterocycles. The monoisotopic (exact) mass is 314 g/mol. The molecule has 0 aliphatic carbocycles. The van der Waals surface area contributed by atoms with Gasteiger partial charge in [-0.15, -0.1) is 12.4 Å². The standard InChI is InChI=1S/C15H22N2O3.ClH/c1-2-4-12(16)15(18)17-10-11-5-6-13-14(9-11)20-8-3-7-19-13;/h5-6,9,12H,2-4,7-8,10,16H2,1H3,(H,17,18);1H. The summed E-state index contributed by atoms with van der Waals surface area (Å²) in [7, 11) is 0. The van der Waals surface area contributed by atoms with Crippen molar-refractivity contribution in [2.75, 3.05) is 13.2 Å². The molecule has 1 unspecified atom stereocenters. The molecule has 1 amide bonds. The van der Waals surface area contributed by atoms with Crippen molar-refractivity contribution in [1.82, 2.24) is 5.32 Å². The zero-order valence-corrected chi connectivity index (χ0v) is 13.1. The van der Waals surface area contributed by atoms with E-state index in [2.05, 4.69) is 5.32 Å². The van der Waals surface area contributed by atoms with Crippen LogP contribution in [0.5, 0.6) is 11.5 Å². The van der Waals surface area contributed by atoms with Crippen LogP contribution in [0.3, 0.4) is 0 Å². The molecule has 21 heavy (non-hydrogen) atoms. The molecule has 1 aliphatic heterocycles. The summed E-state index contributed by atoms with van der Waals surface area (Å²) in [5.74, 6) is 1.39. The van der Waals surface area contributed by atoms with E-state index < -0.39 is 6.04 Å². The highest BCUT2D eigenvalue weighted by Crippen LogP contribution is 2.30. The number of amides is 1. The minimum atomic E-state index is -0.430. The Bertz CT molecular complexity index is 468. The molecule has 0 fully saturated rings. The molecule has 0 spiro atoms. The number of hydrogen-bond donors (Lipinski definition) is 2. The molecule has 0 radical (unpaired) electrons. The van der Waals surface area contributed by atoms with E-state index in [4.69, 9.17) is 15.2 Å². The van der Waals surface area contributed by atoms with Gasteiger partial charge in [-0.3, -0.25) is 4.79 Å². The van der Waals surface area contributed by atoms with Crippen LogP contribution in [0.4, 0.5) is 0 Å². The highest BCUT2D eigenvalue weighted by atomic mass is 35.5. The van der Waals surface area contributed by atoms with Crippen molar-refractivity contribution in [2.45, 2.75) is 38.8 Å². The number of ether oxygens (including phenoxy) is 2. The van der Waals surface area contributed by atoms with Gasteiger partial charge in [0.05, 0.1) is 19.3 Å². The molecule has 0 aromatic heterocycles. The van der Waals surface area contributed by atoms with Crippen LogP contribution in [-0.4, -0.2) is 25.2 Å². The molecule has 1 aromatic rings. The predicted molar refractivity (Wildman–Crippen MR) is 84.0 cm³/mol. The Morgan fingerprint density at radius 3 is 2.76 bits per heavy atom. The van der Waals surface area contributed by atoms with Crippen molar-refractivity contribution in [3.05, 3.63) is 23.8 Å². The molecular formula is C15H23ClN2O3. The van der Waals surface area contributed by atoms with Gasteiger partial charge < -0.3 is 20.5 Å². The number of hydrogen-bond acceptors (Lipinski definition) is 4. The summed E-state index contributed by atoms with van der Waals surface area (Å²) < 4.78 is 11.2. The Balaban J connectivity index is 0.00000220. The molecule has 5 nitrogen and oxygen atoms in total. The van der Waals surface area contributed by atoms with E-state index in [1.165, 1.54) is 0 Å². The van der Waals surface area contributed by atoms with Gasteiger partial charge in [-0.25, -0.2) is 0 Å². The maximum atomic E-state index is 11.8. The fourth-order valence-electron chi connectivity index (χ4n) is 2.08. The first kappa shape index (κ1) is 17.6. The van der Waals surface area contributed by atoms with E-state index >= 15 is 0 Å². The first-order chi connectivity index (χ1) is 9.70. The van der Waals surface area contributed by atoms with Crippen molar-refractivity contribution in [3.63, 3.8) is 0 Å². The number of carbonyl (C=O) groups excluding carboxylic acids is 1. The second kappa shape index (κ2) is 8.74. The van der Waals surface area contributed by atoms with Crippen LogP contribution in [0.15, 0.2) is 18.2 Å². The van der Waals surface area contributed by atoms with Crippen molar-refractivity contribution >= 4 is 18.3 Å². The highest BCUT2D eigenvalue weighted by molar-refractivity contribution is 5.85. The lowest BCUT2D eigenvalue weighted by atomic mass is 10.1. The molecule has 118 valence electrons. The van der Waals surface area contributed by atoms with Crippen molar-refractivity contribution in [2.24, 2.45) is 5.73 Å². The quantitative estimate of drug-likeness (QED) is 0.872. The van der Waals surface area contributed by atoms with Crippen molar-refractivity contribution in [1.29, 1.82) is 0 Å². The third-order valence-corrected chi connectivity index (χ3v) is 3.22. The Morgan fingerprint density at radius 1 is 1.33 bits per heavy atom. The van der Waals surface area contributed by atoms with Gasteiger partial charge >= 0.3 is 0 Å². The molecule has 3 N–H and O–H groups in total. The molecule has 1 aromatic carbocycles. The second-order valence-electron chi connectivity index (χ2n) is 4.94. The van der Waals surface area contributed by atoms with Crippen LogP contribution in [0, 0.1) is 0 Å². The summed E-state index contributed by atoms with van der Waals surface area (Å²) in [6.45, 7) is 3.79. The maximum absolute atomic E-state index is 11.8. The van der Waals surface area contributed by atoms with Gasteiger partial charge in [0, 0.05) is 13.0 Å². The summed E-state index contributed by atoms with van der Waals surface area (Å²) in [6, 6.07) is 5.29. The molecule has 6 heteroatoms. The third-order valence-electron chi connectivity index (χ3n) is 3.22. The number of rotatable bonds is 5. The third kappa shape index (κ3) is 5.10. The van der Waals surface area contributed by atoms with Gasteiger partial charge in [-0.05, 0) is 24.1 Å². The first-order valence-electron chi connectivity index (χ1n) is 7.12. The lowest BCUT2D eigenvalue weighted by molar-refractivity contribution is -0.122. The van der Waals surface area contributed by atoms with E-state index in [-0.39, 0.29) is 18.3 Å². The molecule has 0 saturated carbocycles. The summed E-state index contributed by atoms with van der Waals surface area (Å²) in [5.41, 5.74) is 6.74. The van der Waals surface area contributed by atoms with Crippen molar-refractivity contribution in [3.8, 4) is 11.5 Å². The van der Waals surface area contributed by atoms with Gasteiger partial charge in [0.15, 0.2) is 11.5 Å². The number of carbonyl (C=O) groups is 1. The van der Waals surface area contributed by atoms with Gasteiger partial charge in [0.2, 0.25) is 5.91 Å². The zero-order chi connectivity index (χ0) is 14.4. The maximum Gasteiger partial charge on any atom is 0.237 e. The van der Waals surface area contributed by atoms with E-state index in [9.17, 15) is 4.79 Å². The second-order valence-corrected chi connectivity index (χ2v) is 4.94. The fourth-order valence-corrected chi connectivity index (χ4v) is 2.08. The molecular weight excluding hydrogens is 292 g/mol. The number of halogens is 1. The smallest absolute Gasteiger partial charge is 0.237 e. The van der Waals surface area contributed by atoms with E-state index in [1.807, 2.05) is 25.1 Å². The van der Waals surface area contributed by atoms with E-state index in [0.717, 1.165) is 29.9 Å². The summed E-state index contributed by atoms with van der Waals surface area (Å²) in [6.07, 6.45) is 2.48. The average Bonchev–Trinajstić information content (AvgIpc) is 2.69. The normalized spacial score (nSPS) is 14.6. The summed E-state index contributed by atoms with van der Waals surface area (Å²) >= 11 is 0. The highest BCUT2D eigenvalue weighted by Gasteiger charge is 2.13. The number of benzene rings is 1. The van der Waals surface area contributed by atoms with E-state index in [1.54, 1.807) is 0 Å². The predicted octanol–water partition coefficient (Wildman–Crippen LogP) is 2.01. The molecule has 0 bridgehead atoms. The lowest BCUT2D eigenvalue weighted by Crippen LogP contribution is -2.40. The fraction of sp³-hybridized carbons (Fsp3) is 0.533. The molecule has 1 atom stereocenters. The van der Waals surface area contributed by atoms with Crippen LogP contribution < -0.4 is 20.5 Å². The first-order valence-corrected chi connectivity index (χ1v) is 7.12. The Kier molecular flexibility index (Phi) is 7.32. The van der Waals surface area contributed by atoms with Gasteiger partial charge in [-0.1, -0.05) is 19.4 Å². The number of nitrogens with two attached hydrogens (primary N) is 1. The number of nitrogens with one attached hydrogen (secondary N) is 1. The summed E-state index contributed by atoms with van der Waals surface area (Å²) in [4.78, 5) is 11.8. The molecule has 2 rings (SSSR count). The Labute approximate surface area is 131 Å². The van der Waals surface area contributed by atoms with E-state index in [0.29, 0.717) is 26.2 Å². The van der Waals surface area contributed by atoms with Gasteiger partial charge in [0.25, 0.3) is 0 Å². The lowest BCUT2D eigenvalue weighted by Gasteiger charge is -2.12. The van der Waals surface area contributed by atoms with Crippen LogP contribution in [0.2, 0.25) is 0 Å². The topological polar surface area (TPSA) is 73.6 Å². The minimum Gasteiger partial charge on any atom is -0.490 e. The van der Waals surface area contributed by atoms with Crippen LogP contribution in [0.25, 0.3) is 0 Å². The SMILES string of the molecule is CCCC(N)C(=O)NCc1ccc2c(c1)OCCCO2.Cl. The van der Waals surface area contributed by atoms with Crippen LogP contribution in [0.1, 0.15) is 31.7 Å². The Morgan fingerprint density at radius 2 is 2.05 bits per heavy atom. The van der Waals surface area contributed by atoms with Crippen LogP contribution >= 0.6 is 12.4 Å². The van der Waals surface area contributed by atoms with Gasteiger partial charge in [0.1, 0.15) is 0 Å². The minimum absolute atomic E-state index is 0. The van der Waals surface area contributed by atoms with Gasteiger partial charge in [-0.2, -0.15) is 0 Å². The zero-order valence-electron chi connectivity index (χ0n) is 12.3. The van der Waals surface area contributed by atoms with Crippen LogP contribution in [-0.2, 0) is 11.3 Å². The summed E-state index contributed by atoms with van der Waals surface area (Å²) in [5, 5.41) is 2.85. The Hall–Kier alpha value is -1.46. The number of fused-ring (bicyclic) bond motifs is 1. The molecule has 1 aliphatic rings. The largest absolute Gasteiger partial charge is 0.490 e. The van der Waals surface area contributed by atoms with Crippen molar-refractivity contribution < 1.29 is 14.3 Å².